The van der Waals surface area contributed by atoms with Crippen LogP contribution in [0.2, 0.25) is 5.02 Å². The van der Waals surface area contributed by atoms with Crippen molar-refractivity contribution >= 4 is 39.5 Å². The van der Waals surface area contributed by atoms with Crippen molar-refractivity contribution in [2.24, 2.45) is 0 Å². The number of aromatic nitrogens is 4. The van der Waals surface area contributed by atoms with Gasteiger partial charge in [-0.1, -0.05) is 29.8 Å². The van der Waals surface area contributed by atoms with E-state index < -0.39 is 5.97 Å². The summed E-state index contributed by atoms with van der Waals surface area (Å²) >= 11 is 6.56. The highest BCUT2D eigenvalue weighted by Gasteiger charge is 2.14. The van der Waals surface area contributed by atoms with Crippen molar-refractivity contribution in [2.45, 2.75) is 13.8 Å². The van der Waals surface area contributed by atoms with E-state index in [0.717, 1.165) is 27.7 Å². The highest BCUT2D eigenvalue weighted by molar-refractivity contribution is 6.34. The molecule has 0 saturated carbocycles. The minimum absolute atomic E-state index is 0.184. The Balaban J connectivity index is 1.52. The van der Waals surface area contributed by atoms with Gasteiger partial charge in [0.15, 0.2) is 0 Å². The van der Waals surface area contributed by atoms with Crippen LogP contribution < -0.4 is 4.74 Å². The van der Waals surface area contributed by atoms with Crippen LogP contribution >= 0.6 is 11.6 Å². The van der Waals surface area contributed by atoms with Crippen LogP contribution in [0.1, 0.15) is 21.6 Å². The number of fused-ring (bicyclic) bond motifs is 2. The number of hydrogen-bond acceptors (Lipinski definition) is 4. The Labute approximate surface area is 181 Å². The average molecular weight is 433 g/mol. The highest BCUT2D eigenvalue weighted by Crippen LogP contribution is 2.34. The van der Waals surface area contributed by atoms with Gasteiger partial charge >= 0.3 is 5.97 Å². The van der Waals surface area contributed by atoms with Crippen molar-refractivity contribution in [3.05, 3.63) is 70.4 Å². The summed E-state index contributed by atoms with van der Waals surface area (Å²) in [5.41, 5.74) is 5.90. The first-order valence-electron chi connectivity index (χ1n) is 9.55. The zero-order chi connectivity index (χ0) is 21.7. The first-order valence-corrected chi connectivity index (χ1v) is 9.93. The Morgan fingerprint density at radius 2 is 1.90 bits per heavy atom. The minimum atomic E-state index is -1.01. The predicted molar refractivity (Wildman–Crippen MR) is 119 cm³/mol. The fraction of sp³-hybridized carbons (Fsp3) is 0.0870. The molecule has 0 spiro atoms. The number of benzene rings is 3. The number of aromatic carboxylic acids is 1. The molecule has 0 fully saturated rings. The maximum absolute atomic E-state index is 11.4. The predicted octanol–water partition coefficient (Wildman–Crippen LogP) is 5.87. The van der Waals surface area contributed by atoms with Crippen LogP contribution in [0.15, 0.2) is 48.5 Å². The van der Waals surface area contributed by atoms with Gasteiger partial charge < -0.3 is 14.8 Å². The number of rotatable bonds is 4. The molecule has 0 unspecified atom stereocenters. The maximum atomic E-state index is 11.4. The number of aryl methyl sites for hydroxylation is 2. The number of nitrogens with zero attached hydrogens (tertiary/aromatic N) is 2. The molecule has 0 atom stereocenters. The highest BCUT2D eigenvalue weighted by atomic mass is 35.5. The molecule has 154 valence electrons. The Bertz CT molecular complexity index is 1490. The van der Waals surface area contributed by atoms with Crippen LogP contribution in [0, 0.1) is 13.8 Å². The third-order valence-corrected chi connectivity index (χ3v) is 5.58. The lowest BCUT2D eigenvalue weighted by Crippen LogP contribution is -2.00. The van der Waals surface area contributed by atoms with E-state index in [1.165, 1.54) is 6.07 Å². The van der Waals surface area contributed by atoms with E-state index in [1.54, 1.807) is 25.1 Å². The lowest BCUT2D eigenvalue weighted by Gasteiger charge is -2.05. The van der Waals surface area contributed by atoms with Crippen LogP contribution in [0.4, 0.5) is 0 Å². The topological polar surface area (TPSA) is 104 Å². The summed E-state index contributed by atoms with van der Waals surface area (Å²) in [6.07, 6.45) is 0. The molecule has 2 aromatic heterocycles. The summed E-state index contributed by atoms with van der Waals surface area (Å²) in [6.45, 7) is 3.69. The first kappa shape index (κ1) is 19.1. The molecule has 0 aliphatic rings. The van der Waals surface area contributed by atoms with Crippen LogP contribution in [0.25, 0.3) is 33.1 Å². The normalized spacial score (nSPS) is 11.3. The Morgan fingerprint density at radius 1 is 1.06 bits per heavy atom. The second kappa shape index (κ2) is 7.14. The number of halogens is 1. The molecule has 5 rings (SSSR count). The SMILES string of the molecule is Cc1ccc(Oc2nc3cc(-c4ccc5c(C)n[nH]c5c4)c(Cl)cc3[nH]2)cc1C(=O)O. The van der Waals surface area contributed by atoms with Gasteiger partial charge in [0.2, 0.25) is 0 Å². The molecule has 0 aliphatic heterocycles. The molecule has 2 heterocycles. The summed E-state index contributed by atoms with van der Waals surface area (Å²) in [7, 11) is 0. The minimum Gasteiger partial charge on any atom is -0.478 e. The largest absolute Gasteiger partial charge is 0.478 e. The monoisotopic (exact) mass is 432 g/mol. The van der Waals surface area contributed by atoms with Crippen molar-refractivity contribution in [1.29, 1.82) is 0 Å². The molecule has 5 aromatic rings. The average Bonchev–Trinajstić information content (AvgIpc) is 3.30. The first-order chi connectivity index (χ1) is 14.9. The molecule has 3 N–H and O–H groups in total. The molecule has 31 heavy (non-hydrogen) atoms. The summed E-state index contributed by atoms with van der Waals surface area (Å²) in [4.78, 5) is 18.9. The Morgan fingerprint density at radius 3 is 2.71 bits per heavy atom. The number of H-pyrrole nitrogens is 2. The molecule has 0 amide bonds. The molecule has 0 saturated heterocycles. The number of ether oxygens (including phenoxy) is 1. The lowest BCUT2D eigenvalue weighted by molar-refractivity contribution is 0.0695. The summed E-state index contributed by atoms with van der Waals surface area (Å²) in [6, 6.07) is 14.8. The molecule has 7 nitrogen and oxygen atoms in total. The van der Waals surface area contributed by atoms with Gasteiger partial charge in [0.05, 0.1) is 32.8 Å². The number of carboxylic acids is 1. The number of carboxylic acid groups (broad SMARTS) is 1. The Hall–Kier alpha value is -3.84. The summed E-state index contributed by atoms with van der Waals surface area (Å²) in [5.74, 6) is -0.623. The van der Waals surface area contributed by atoms with E-state index in [-0.39, 0.29) is 11.6 Å². The molecule has 0 radical (unpaired) electrons. The zero-order valence-corrected chi connectivity index (χ0v) is 17.4. The van der Waals surface area contributed by atoms with Crippen LogP contribution in [-0.2, 0) is 0 Å². The van der Waals surface area contributed by atoms with E-state index in [9.17, 15) is 9.90 Å². The second-order valence-electron chi connectivity index (χ2n) is 7.34. The van der Waals surface area contributed by atoms with Gasteiger partial charge in [0, 0.05) is 10.9 Å². The fourth-order valence-corrected chi connectivity index (χ4v) is 3.88. The van der Waals surface area contributed by atoms with Gasteiger partial charge in [0.25, 0.3) is 6.01 Å². The quantitative estimate of drug-likeness (QED) is 0.329. The van der Waals surface area contributed by atoms with Crippen molar-refractivity contribution in [1.82, 2.24) is 20.2 Å². The van der Waals surface area contributed by atoms with Gasteiger partial charge in [-0.15, -0.1) is 0 Å². The van der Waals surface area contributed by atoms with Gasteiger partial charge in [-0.25, -0.2) is 4.79 Å². The fourth-order valence-electron chi connectivity index (χ4n) is 3.61. The van der Waals surface area contributed by atoms with Crippen LogP contribution in [0.3, 0.4) is 0 Å². The van der Waals surface area contributed by atoms with Gasteiger partial charge in [-0.05, 0) is 55.3 Å². The van der Waals surface area contributed by atoms with Crippen LogP contribution in [-0.4, -0.2) is 31.2 Å². The maximum Gasteiger partial charge on any atom is 0.336 e. The van der Waals surface area contributed by atoms with Crippen molar-refractivity contribution in [3.63, 3.8) is 0 Å². The third kappa shape index (κ3) is 3.39. The van der Waals surface area contributed by atoms with E-state index in [4.69, 9.17) is 16.3 Å². The standard InChI is InChI=1S/C23H17ClN4O3/c1-11-3-5-14(8-16(11)22(29)30)31-23-25-20-9-17(18(24)10-21(20)26-23)13-4-6-15-12(2)27-28-19(15)7-13/h3-10H,1-2H3,(H,25,26)(H,27,28)(H,29,30). The van der Waals surface area contributed by atoms with E-state index in [1.807, 2.05) is 31.2 Å². The number of carbonyl (C=O) groups is 1. The number of imidazole rings is 1. The molecule has 3 aromatic carbocycles. The molecule has 0 aliphatic carbocycles. The molecular formula is C23H17ClN4O3. The number of aromatic amines is 2. The van der Waals surface area contributed by atoms with Crippen molar-refractivity contribution < 1.29 is 14.6 Å². The van der Waals surface area contributed by atoms with Gasteiger partial charge in [-0.2, -0.15) is 10.1 Å². The van der Waals surface area contributed by atoms with Crippen molar-refractivity contribution in [3.8, 4) is 22.9 Å². The summed E-state index contributed by atoms with van der Waals surface area (Å²) < 4.78 is 5.77. The van der Waals surface area contributed by atoms with Crippen LogP contribution in [0.5, 0.6) is 11.8 Å². The lowest BCUT2D eigenvalue weighted by atomic mass is 10.0. The Kier molecular flexibility index (Phi) is 4.41. The smallest absolute Gasteiger partial charge is 0.336 e. The summed E-state index contributed by atoms with van der Waals surface area (Å²) in [5, 5.41) is 18.2. The van der Waals surface area contributed by atoms with Gasteiger partial charge in [-0.3, -0.25) is 5.10 Å². The number of nitrogens with one attached hydrogen (secondary N) is 2. The van der Waals surface area contributed by atoms with E-state index >= 15 is 0 Å². The van der Waals surface area contributed by atoms with Crippen molar-refractivity contribution in [2.75, 3.05) is 0 Å². The zero-order valence-electron chi connectivity index (χ0n) is 16.7. The third-order valence-electron chi connectivity index (χ3n) is 5.27. The van der Waals surface area contributed by atoms with Gasteiger partial charge in [0.1, 0.15) is 5.75 Å². The molecular weight excluding hydrogens is 416 g/mol. The van der Waals surface area contributed by atoms with E-state index in [0.29, 0.717) is 27.4 Å². The number of hydrogen-bond donors (Lipinski definition) is 3. The second-order valence-corrected chi connectivity index (χ2v) is 7.75. The van der Waals surface area contributed by atoms with E-state index in [2.05, 4.69) is 20.2 Å². The molecule has 0 bridgehead atoms. The molecule has 8 heteroatoms.